The summed E-state index contributed by atoms with van der Waals surface area (Å²) in [5, 5.41) is 26.0. The number of aliphatic hydroxyl groups is 2. The van der Waals surface area contributed by atoms with Gasteiger partial charge in [0.05, 0.1) is 26.1 Å². The van der Waals surface area contributed by atoms with Crippen LogP contribution in [0.2, 0.25) is 0 Å². The van der Waals surface area contributed by atoms with Crippen LogP contribution in [0.25, 0.3) is 11.2 Å². The van der Waals surface area contributed by atoms with E-state index >= 15 is 0 Å². The minimum atomic E-state index is -5.58. The van der Waals surface area contributed by atoms with Gasteiger partial charge in [0.2, 0.25) is 11.8 Å². The second-order valence-corrected chi connectivity index (χ2v) is 17.9. The minimum Gasteiger partial charge on any atom is -0.386 e. The van der Waals surface area contributed by atoms with E-state index in [2.05, 4.69) is 34.4 Å². The van der Waals surface area contributed by atoms with Crippen molar-refractivity contribution >= 4 is 74.9 Å². The van der Waals surface area contributed by atoms with E-state index in [0.29, 0.717) is 0 Å². The molecule has 3 heterocycles. The quantitative estimate of drug-likeness (QED) is 0.0425. The number of nitrogens with one attached hydrogen (secondary N) is 2. The molecule has 1 aliphatic heterocycles. The summed E-state index contributed by atoms with van der Waals surface area (Å²) in [5.41, 5.74) is 9.40. The molecule has 2 unspecified atom stereocenters. The van der Waals surface area contributed by atoms with E-state index in [-0.39, 0.29) is 72.5 Å². The summed E-state index contributed by atoms with van der Waals surface area (Å²) in [6.07, 6.45) is -6.98. The monoisotopic (exact) mass is 880 g/mol. The lowest BCUT2D eigenvalue weighted by Crippen LogP contribution is -2.46. The number of nitrogens with two attached hydrogens (primary N) is 2. The van der Waals surface area contributed by atoms with Crippen molar-refractivity contribution in [2.24, 2.45) is 11.1 Å². The highest BCUT2D eigenvalue weighted by Crippen LogP contribution is 2.61. The lowest BCUT2D eigenvalue weighted by molar-refractivity contribution is -0.137. The number of anilines is 1. The predicted octanol–water partition coefficient (Wildman–Crippen LogP) is -2.03. The molecule has 0 spiro atoms. The van der Waals surface area contributed by atoms with Gasteiger partial charge in [-0.25, -0.2) is 28.6 Å². The van der Waals surface area contributed by atoms with Crippen molar-refractivity contribution in [2.75, 3.05) is 44.3 Å². The number of nitrogen functional groups attached to an aromatic ring is 1. The number of ether oxygens (including phenoxy) is 1. The average Bonchev–Trinajstić information content (AvgIpc) is 3.66. The fourth-order valence-corrected chi connectivity index (χ4v) is 8.22. The van der Waals surface area contributed by atoms with Gasteiger partial charge in [-0.3, -0.25) is 37.3 Å². The summed E-state index contributed by atoms with van der Waals surface area (Å²) in [7, 11) is -16.4. The third kappa shape index (κ3) is 14.5. The maximum atomic E-state index is 12.7. The van der Waals surface area contributed by atoms with Crippen LogP contribution in [-0.2, 0) is 55.5 Å². The zero-order valence-corrected chi connectivity index (χ0v) is 33.2. The van der Waals surface area contributed by atoms with E-state index in [0.717, 1.165) is 29.0 Å². The van der Waals surface area contributed by atoms with Crippen LogP contribution in [0.4, 0.5) is 5.82 Å². The maximum absolute atomic E-state index is 12.7. The molecule has 30 heteroatoms. The number of imidazole rings is 1. The maximum Gasteiger partial charge on any atom is 0.481 e. The van der Waals surface area contributed by atoms with Gasteiger partial charge in [-0.05, 0) is 0 Å². The minimum absolute atomic E-state index is 0.0227. The molecular weight excluding hydrogens is 837 g/mol. The summed E-state index contributed by atoms with van der Waals surface area (Å²) >= 11 is 0.930. The Hall–Kier alpha value is -2.81. The van der Waals surface area contributed by atoms with Crippen molar-refractivity contribution in [3.8, 4) is 0 Å². The molecule has 0 saturated carbocycles. The number of rotatable bonds is 23. The number of carbonyl (C=O) groups excluding carboxylic acids is 4. The van der Waals surface area contributed by atoms with Crippen molar-refractivity contribution in [3.05, 3.63) is 12.7 Å². The first-order valence-corrected chi connectivity index (χ1v) is 21.7. The number of carbonyl (C=O) groups is 4. The summed E-state index contributed by atoms with van der Waals surface area (Å²) in [4.78, 5) is 98.3. The van der Waals surface area contributed by atoms with E-state index < -0.39 is 84.6 Å². The molecule has 2 amide bonds. The molecule has 2 aromatic heterocycles. The van der Waals surface area contributed by atoms with Crippen LogP contribution in [0.15, 0.2) is 12.7 Å². The van der Waals surface area contributed by atoms with Crippen LogP contribution in [0, 0.1) is 5.41 Å². The number of hydrogen-bond acceptors (Lipinski definition) is 20. The molecule has 1 saturated heterocycles. The second kappa shape index (κ2) is 20.2. The van der Waals surface area contributed by atoms with Gasteiger partial charge < -0.3 is 56.6 Å². The average molecular weight is 881 g/mol. The zero-order chi connectivity index (χ0) is 42.1. The topological polar surface area (TPSA) is 407 Å². The van der Waals surface area contributed by atoms with Crippen molar-refractivity contribution in [3.63, 3.8) is 0 Å². The van der Waals surface area contributed by atoms with Crippen molar-refractivity contribution in [1.82, 2.24) is 30.2 Å². The first-order chi connectivity index (χ1) is 25.9. The SMILES string of the molecule is CC(C)(COP(=O)(O)OP(=O)(O)OC[C@H]1O[C@@H](n2cnc3c(N)ncnc32)[C@H](O)[C@@H]1OP(=O)(O)O)[C@@H](O)C(=O)NCCC(=O)NCCSC(=O)CCC(=O)CN. The van der Waals surface area contributed by atoms with Crippen LogP contribution >= 0.6 is 35.2 Å². The van der Waals surface area contributed by atoms with E-state index in [9.17, 15) is 62.7 Å². The Morgan fingerprint density at radius 1 is 1.02 bits per heavy atom. The van der Waals surface area contributed by atoms with Gasteiger partial charge in [0.1, 0.15) is 42.0 Å². The van der Waals surface area contributed by atoms with Crippen LogP contribution in [0.3, 0.4) is 0 Å². The normalized spacial score (nSPS) is 21.6. The van der Waals surface area contributed by atoms with Crippen LogP contribution < -0.4 is 22.1 Å². The largest absolute Gasteiger partial charge is 0.481 e. The van der Waals surface area contributed by atoms with Gasteiger partial charge in [-0.15, -0.1) is 0 Å². The predicted molar refractivity (Wildman–Crippen MR) is 190 cm³/mol. The molecule has 56 heavy (non-hydrogen) atoms. The number of Topliss-reactive ketones (excluding diaryl/α,β-unsaturated/α-hetero) is 1. The van der Waals surface area contributed by atoms with Gasteiger partial charge in [0, 0.05) is 43.5 Å². The molecule has 316 valence electrons. The number of aliphatic hydroxyl groups excluding tert-OH is 2. The highest BCUT2D eigenvalue weighted by Gasteiger charge is 2.50. The van der Waals surface area contributed by atoms with E-state index in [4.69, 9.17) is 25.3 Å². The van der Waals surface area contributed by atoms with Crippen molar-refractivity contribution in [2.45, 2.75) is 63.8 Å². The molecule has 1 aliphatic rings. The Bertz CT molecular complexity index is 1870. The fraction of sp³-hybridized carbons (Fsp3) is 0.654. The molecule has 0 aromatic carbocycles. The summed E-state index contributed by atoms with van der Waals surface area (Å²) in [5.74, 6) is -1.55. The molecule has 0 aliphatic carbocycles. The number of ketones is 1. The van der Waals surface area contributed by atoms with E-state index in [1.54, 1.807) is 0 Å². The molecule has 2 aromatic rings. The fourth-order valence-electron chi connectivity index (χ4n) is 4.71. The molecule has 0 radical (unpaired) electrons. The van der Waals surface area contributed by atoms with Gasteiger partial charge in [-0.2, -0.15) is 4.31 Å². The number of fused-ring (bicyclic) bond motifs is 1. The Kier molecular flexibility index (Phi) is 17.2. The first kappa shape index (κ1) is 47.6. The van der Waals surface area contributed by atoms with Crippen LogP contribution in [-0.4, -0.2) is 135 Å². The molecule has 7 atom stereocenters. The lowest BCUT2D eigenvalue weighted by Gasteiger charge is -2.30. The third-order valence-corrected chi connectivity index (χ3v) is 11.6. The highest BCUT2D eigenvalue weighted by molar-refractivity contribution is 8.13. The second-order valence-electron chi connectivity index (χ2n) is 12.5. The van der Waals surface area contributed by atoms with E-state index in [1.165, 1.54) is 13.8 Å². The number of hydrogen-bond donors (Lipinski definition) is 10. The van der Waals surface area contributed by atoms with Gasteiger partial charge >= 0.3 is 23.5 Å². The number of amides is 2. The van der Waals surface area contributed by atoms with Gasteiger partial charge in [-0.1, -0.05) is 25.6 Å². The number of phosphoric acid groups is 3. The highest BCUT2D eigenvalue weighted by atomic mass is 32.2. The smallest absolute Gasteiger partial charge is 0.386 e. The molecule has 0 bridgehead atoms. The molecule has 3 rings (SSSR count). The van der Waals surface area contributed by atoms with Crippen LogP contribution in [0.1, 0.15) is 39.3 Å². The Balaban J connectivity index is 1.48. The van der Waals surface area contributed by atoms with E-state index in [1.807, 2.05) is 0 Å². The lowest BCUT2D eigenvalue weighted by atomic mass is 9.87. The van der Waals surface area contributed by atoms with Crippen molar-refractivity contribution in [1.29, 1.82) is 0 Å². The van der Waals surface area contributed by atoms with Crippen molar-refractivity contribution < 1.29 is 85.3 Å². The molecule has 12 N–H and O–H groups in total. The number of aromatic nitrogens is 4. The Morgan fingerprint density at radius 3 is 2.36 bits per heavy atom. The zero-order valence-electron chi connectivity index (χ0n) is 29.7. The number of nitrogens with zero attached hydrogens (tertiary/aromatic N) is 4. The van der Waals surface area contributed by atoms with Crippen LogP contribution in [0.5, 0.6) is 0 Å². The van der Waals surface area contributed by atoms with Gasteiger partial charge in [0.25, 0.3) is 0 Å². The van der Waals surface area contributed by atoms with Gasteiger partial charge in [0.15, 0.2) is 22.8 Å². The Morgan fingerprint density at radius 2 is 1.70 bits per heavy atom. The number of thioether (sulfide) groups is 1. The third-order valence-electron chi connectivity index (χ3n) is 7.60. The molecular formula is C26H43N8O18P3S. The summed E-state index contributed by atoms with van der Waals surface area (Å²) in [6.45, 7) is 0.147. The summed E-state index contributed by atoms with van der Waals surface area (Å²) < 4.78 is 62.0. The molecule has 1 fully saturated rings. The first-order valence-electron chi connectivity index (χ1n) is 16.2. The number of phosphoric ester groups is 3. The Labute approximate surface area is 321 Å². The standard InChI is InChI=1S/C26H43N8O18P3S/c1-26(2,21(39)24(40)30-6-5-16(36)29-7-8-56-17(37)4-3-14(35)9-27)11-49-55(46,47)52-54(44,45)48-10-15-20(51-53(41,42)43)19(38)25(50-15)34-13-33-18-22(28)31-12-32-23(18)34/h12-13,15,19-21,25,38-39H,3-11,27H2,1-2H3,(H,29,36)(H,30,40)(H,44,45)(H,46,47)(H2,28,31,32)(H2,41,42,43)/t15-,19-,20-,21+,25-/m1/s1. The summed E-state index contributed by atoms with van der Waals surface area (Å²) in [6, 6.07) is 0. The molecule has 26 nitrogen and oxygen atoms in total.